The van der Waals surface area contributed by atoms with Gasteiger partial charge in [-0.15, -0.1) is 0 Å². The van der Waals surface area contributed by atoms with Crippen LogP contribution in [0.3, 0.4) is 0 Å². The second-order valence-electron chi connectivity index (χ2n) is 1.88. The average molecular weight is 129 g/mol. The predicted octanol–water partition coefficient (Wildman–Crippen LogP) is 2.20. The van der Waals surface area contributed by atoms with Crippen molar-refractivity contribution in [3.05, 3.63) is 0 Å². The lowest BCUT2D eigenvalue weighted by molar-refractivity contribution is 0.142. The van der Waals surface area contributed by atoms with E-state index in [4.69, 9.17) is 4.84 Å². The Balaban J connectivity index is 2.82. The molecule has 0 saturated carbocycles. The monoisotopic (exact) mass is 129 g/mol. The Kier molecular flexibility index (Phi) is 7.03. The van der Waals surface area contributed by atoms with E-state index in [0.29, 0.717) is 0 Å². The summed E-state index contributed by atoms with van der Waals surface area (Å²) in [4.78, 5) is 4.88. The quantitative estimate of drug-likeness (QED) is 0.317. The van der Waals surface area contributed by atoms with Crippen LogP contribution in [0.1, 0.15) is 33.1 Å². The largest absolute Gasteiger partial charge is 0.396 e. The van der Waals surface area contributed by atoms with E-state index in [-0.39, 0.29) is 0 Å². The van der Waals surface area contributed by atoms with Crippen LogP contribution in [0.15, 0.2) is 5.16 Å². The molecule has 0 atom stereocenters. The molecule has 0 aromatic rings. The minimum absolute atomic E-state index is 0.757. The minimum Gasteiger partial charge on any atom is -0.396 e. The van der Waals surface area contributed by atoms with Gasteiger partial charge in [0, 0.05) is 6.21 Å². The second-order valence-corrected chi connectivity index (χ2v) is 1.88. The molecule has 0 unspecified atom stereocenters. The summed E-state index contributed by atoms with van der Waals surface area (Å²) in [6.07, 6.45) is 4.99. The number of oxime groups is 1. The van der Waals surface area contributed by atoms with Crippen LogP contribution in [0.5, 0.6) is 0 Å². The van der Waals surface area contributed by atoms with E-state index in [1.807, 2.05) is 6.92 Å². The third kappa shape index (κ3) is 7.47. The van der Waals surface area contributed by atoms with Crippen molar-refractivity contribution in [2.75, 3.05) is 6.61 Å². The molecule has 0 aromatic heterocycles. The number of hydrogen-bond acceptors (Lipinski definition) is 2. The zero-order chi connectivity index (χ0) is 6.95. The summed E-state index contributed by atoms with van der Waals surface area (Å²) >= 11 is 0. The number of nitrogens with zero attached hydrogens (tertiary/aromatic N) is 1. The van der Waals surface area contributed by atoms with E-state index in [0.717, 1.165) is 19.4 Å². The molecule has 0 spiro atoms. The van der Waals surface area contributed by atoms with Crippen LogP contribution in [0.2, 0.25) is 0 Å². The smallest absolute Gasteiger partial charge is 0.117 e. The first-order chi connectivity index (χ1) is 4.41. The lowest BCUT2D eigenvalue weighted by Gasteiger charge is -1.93. The van der Waals surface area contributed by atoms with E-state index >= 15 is 0 Å². The van der Waals surface area contributed by atoms with Crippen molar-refractivity contribution >= 4 is 6.21 Å². The topological polar surface area (TPSA) is 21.6 Å². The molecule has 0 aromatic carbocycles. The van der Waals surface area contributed by atoms with Crippen molar-refractivity contribution in [1.29, 1.82) is 0 Å². The Bertz CT molecular complexity index is 71.3. The minimum atomic E-state index is 0.757. The van der Waals surface area contributed by atoms with Crippen molar-refractivity contribution in [1.82, 2.24) is 0 Å². The molecule has 0 fully saturated rings. The molecule has 54 valence electrons. The third-order valence-electron chi connectivity index (χ3n) is 0.921. The van der Waals surface area contributed by atoms with Crippen LogP contribution >= 0.6 is 0 Å². The van der Waals surface area contributed by atoms with Crippen molar-refractivity contribution in [2.24, 2.45) is 5.16 Å². The fourth-order valence-electron chi connectivity index (χ4n) is 0.389. The molecule has 0 radical (unpaired) electrons. The van der Waals surface area contributed by atoms with E-state index in [2.05, 4.69) is 12.1 Å². The van der Waals surface area contributed by atoms with Gasteiger partial charge in [-0.3, -0.25) is 0 Å². The predicted molar refractivity (Wildman–Crippen MR) is 39.6 cm³/mol. The normalized spacial score (nSPS) is 10.4. The van der Waals surface area contributed by atoms with E-state index in [1.54, 1.807) is 6.21 Å². The van der Waals surface area contributed by atoms with Crippen LogP contribution in [0.25, 0.3) is 0 Å². The molecule has 0 amide bonds. The van der Waals surface area contributed by atoms with Crippen LogP contribution in [-0.4, -0.2) is 12.8 Å². The summed E-state index contributed by atoms with van der Waals surface area (Å²) < 4.78 is 0. The Morgan fingerprint density at radius 1 is 1.44 bits per heavy atom. The zero-order valence-electron chi connectivity index (χ0n) is 6.26. The Labute approximate surface area is 56.9 Å². The lowest BCUT2D eigenvalue weighted by Crippen LogP contribution is -1.85. The van der Waals surface area contributed by atoms with Gasteiger partial charge in [0.15, 0.2) is 0 Å². The molecule has 0 saturated heterocycles. The van der Waals surface area contributed by atoms with Gasteiger partial charge in [-0.2, -0.15) is 0 Å². The highest BCUT2D eigenvalue weighted by molar-refractivity contribution is 5.55. The van der Waals surface area contributed by atoms with Gasteiger partial charge in [-0.05, 0) is 12.8 Å². The van der Waals surface area contributed by atoms with Crippen molar-refractivity contribution in [3.8, 4) is 0 Å². The SMILES string of the molecule is CC/C=N/OCCCC. The zero-order valence-corrected chi connectivity index (χ0v) is 6.26. The van der Waals surface area contributed by atoms with Gasteiger partial charge in [-0.25, -0.2) is 0 Å². The molecule has 0 aliphatic carbocycles. The van der Waals surface area contributed by atoms with Crippen molar-refractivity contribution in [3.63, 3.8) is 0 Å². The van der Waals surface area contributed by atoms with E-state index in [9.17, 15) is 0 Å². The maximum Gasteiger partial charge on any atom is 0.117 e. The number of rotatable bonds is 5. The molecule has 0 N–H and O–H groups in total. The van der Waals surface area contributed by atoms with Crippen LogP contribution in [-0.2, 0) is 4.84 Å². The van der Waals surface area contributed by atoms with Gasteiger partial charge >= 0.3 is 0 Å². The summed E-state index contributed by atoms with van der Waals surface area (Å²) in [6.45, 7) is 4.92. The van der Waals surface area contributed by atoms with E-state index in [1.165, 1.54) is 6.42 Å². The summed E-state index contributed by atoms with van der Waals surface area (Å²) in [5, 5.41) is 3.70. The lowest BCUT2D eigenvalue weighted by atomic mass is 10.4. The average Bonchev–Trinajstić information content (AvgIpc) is 1.89. The fourth-order valence-corrected chi connectivity index (χ4v) is 0.389. The van der Waals surface area contributed by atoms with Crippen LogP contribution in [0.4, 0.5) is 0 Å². The highest BCUT2D eigenvalue weighted by atomic mass is 16.6. The number of unbranched alkanes of at least 4 members (excludes halogenated alkanes) is 1. The summed E-state index contributed by atoms with van der Waals surface area (Å²) in [7, 11) is 0. The highest BCUT2D eigenvalue weighted by Crippen LogP contribution is 1.87. The molecule has 2 heteroatoms. The molecule has 0 rings (SSSR count). The molecule has 2 nitrogen and oxygen atoms in total. The fraction of sp³-hybridized carbons (Fsp3) is 0.857. The van der Waals surface area contributed by atoms with E-state index < -0.39 is 0 Å². The molecule has 9 heavy (non-hydrogen) atoms. The summed E-state index contributed by atoms with van der Waals surface area (Å²) in [5.41, 5.74) is 0. The maximum atomic E-state index is 4.88. The molecular formula is C7H15NO. The molecule has 0 aliphatic heterocycles. The van der Waals surface area contributed by atoms with Gasteiger partial charge in [0.05, 0.1) is 0 Å². The summed E-state index contributed by atoms with van der Waals surface area (Å²) in [5.74, 6) is 0. The molecule has 0 aliphatic rings. The van der Waals surface area contributed by atoms with Gasteiger partial charge in [0.1, 0.15) is 6.61 Å². The Hall–Kier alpha value is -0.530. The van der Waals surface area contributed by atoms with Crippen molar-refractivity contribution < 1.29 is 4.84 Å². The van der Waals surface area contributed by atoms with Gasteiger partial charge in [0.25, 0.3) is 0 Å². The number of hydrogen-bond donors (Lipinski definition) is 0. The van der Waals surface area contributed by atoms with Crippen LogP contribution in [0, 0.1) is 0 Å². The van der Waals surface area contributed by atoms with Gasteiger partial charge in [-0.1, -0.05) is 25.4 Å². The summed E-state index contributed by atoms with van der Waals surface area (Å²) in [6, 6.07) is 0. The van der Waals surface area contributed by atoms with Crippen molar-refractivity contribution in [2.45, 2.75) is 33.1 Å². The Morgan fingerprint density at radius 3 is 2.78 bits per heavy atom. The second kappa shape index (κ2) is 7.47. The molecule has 0 heterocycles. The standard InChI is InChI=1S/C7H15NO/c1-3-5-7-9-8-6-4-2/h6H,3-5,7H2,1-2H3/b8-6+. The van der Waals surface area contributed by atoms with Gasteiger partial charge < -0.3 is 4.84 Å². The first kappa shape index (κ1) is 8.47. The molecule has 0 bridgehead atoms. The van der Waals surface area contributed by atoms with Crippen LogP contribution < -0.4 is 0 Å². The first-order valence-corrected chi connectivity index (χ1v) is 3.55. The third-order valence-corrected chi connectivity index (χ3v) is 0.921. The first-order valence-electron chi connectivity index (χ1n) is 3.55. The van der Waals surface area contributed by atoms with Gasteiger partial charge in [0.2, 0.25) is 0 Å². The Morgan fingerprint density at radius 2 is 2.22 bits per heavy atom. The molecular weight excluding hydrogens is 114 g/mol. The maximum absolute atomic E-state index is 4.88. The highest BCUT2D eigenvalue weighted by Gasteiger charge is 1.79.